The van der Waals surface area contributed by atoms with E-state index in [9.17, 15) is 9.18 Å². The summed E-state index contributed by atoms with van der Waals surface area (Å²) in [6.07, 6.45) is 11.2. The first-order valence-corrected chi connectivity index (χ1v) is 16.1. The maximum Gasteiger partial charge on any atom is 0.227 e. The molecule has 3 aromatic rings. The molecule has 1 aromatic carbocycles. The van der Waals surface area contributed by atoms with Gasteiger partial charge in [-0.1, -0.05) is 17.7 Å². The van der Waals surface area contributed by atoms with Gasteiger partial charge >= 0.3 is 0 Å². The molecule has 1 amide bonds. The Hall–Kier alpha value is -2.78. The summed E-state index contributed by atoms with van der Waals surface area (Å²) in [7, 11) is 0. The van der Waals surface area contributed by atoms with E-state index >= 15 is 0 Å². The molecule has 4 aliphatic rings. The molecule has 0 bridgehead atoms. The number of aromatic nitrogens is 3. The molecule has 2 saturated carbocycles. The second-order valence-electron chi connectivity index (χ2n) is 12.0. The molecule has 0 unspecified atom stereocenters. The van der Waals surface area contributed by atoms with Gasteiger partial charge in [0.15, 0.2) is 0 Å². The molecule has 41 heavy (non-hydrogen) atoms. The van der Waals surface area contributed by atoms with Crippen LogP contribution >= 0.6 is 22.9 Å². The highest BCUT2D eigenvalue weighted by Crippen LogP contribution is 2.50. The topological polar surface area (TPSA) is 71.5 Å². The Bertz CT molecular complexity index is 1410. The quantitative estimate of drug-likeness (QED) is 0.300. The summed E-state index contributed by atoms with van der Waals surface area (Å²) in [5.41, 5.74) is 1.46. The highest BCUT2D eigenvalue weighted by molar-refractivity contribution is 7.11. The van der Waals surface area contributed by atoms with Crippen LogP contribution in [-0.4, -0.2) is 52.0 Å². The number of rotatable bonds is 9. The zero-order chi connectivity index (χ0) is 27.9. The Kier molecular flexibility index (Phi) is 7.58. The number of amides is 1. The summed E-state index contributed by atoms with van der Waals surface area (Å²) in [6, 6.07) is 4.92. The van der Waals surface area contributed by atoms with Crippen LogP contribution in [0.1, 0.15) is 65.6 Å². The van der Waals surface area contributed by atoms with Crippen molar-refractivity contribution in [2.75, 3.05) is 31.1 Å². The van der Waals surface area contributed by atoms with Crippen LogP contribution < -0.4 is 9.64 Å². The molecule has 3 fully saturated rings. The van der Waals surface area contributed by atoms with Crippen molar-refractivity contribution in [1.82, 2.24) is 19.9 Å². The van der Waals surface area contributed by atoms with Crippen molar-refractivity contribution >= 4 is 34.8 Å². The Labute approximate surface area is 249 Å². The lowest BCUT2D eigenvalue weighted by Crippen LogP contribution is -2.36. The second kappa shape index (κ2) is 11.5. The zero-order valence-corrected chi connectivity index (χ0v) is 24.7. The predicted octanol–water partition coefficient (Wildman–Crippen LogP) is 6.05. The highest BCUT2D eigenvalue weighted by atomic mass is 35.5. The number of piperidine rings is 1. The fourth-order valence-corrected chi connectivity index (χ4v) is 7.81. The molecular weight excluding hydrogens is 561 g/mol. The summed E-state index contributed by atoms with van der Waals surface area (Å²) in [4.78, 5) is 31.9. The number of benzene rings is 1. The summed E-state index contributed by atoms with van der Waals surface area (Å²) >= 11 is 7.73. The van der Waals surface area contributed by atoms with Gasteiger partial charge in [-0.3, -0.25) is 4.79 Å². The molecule has 7 rings (SSSR count). The molecule has 0 radical (unpaired) electrons. The van der Waals surface area contributed by atoms with Crippen molar-refractivity contribution in [1.29, 1.82) is 0 Å². The smallest absolute Gasteiger partial charge is 0.227 e. The Morgan fingerprint density at radius 3 is 2.68 bits per heavy atom. The number of hydrogen-bond donors (Lipinski definition) is 0. The second-order valence-corrected chi connectivity index (χ2v) is 13.6. The number of thiazole rings is 1. The molecule has 2 aromatic heterocycles. The standard InChI is InChI=1S/C31H35ClFN5O2S/c32-23-16-34-31(35-17-23)37-9-5-19(6-10-37)25-13-21(25)8-12-40-24-4-3-22(26(33)15-24)14-29(39)38-11-7-28-27(18-38)36-30(41-28)20-1-2-20/h3-4,15-17,19-21,25H,1-2,5-14,18H2/t21-,25-/m1/s1. The fourth-order valence-electron chi connectivity index (χ4n) is 6.48. The van der Waals surface area contributed by atoms with Crippen molar-refractivity contribution in [3.8, 4) is 5.75 Å². The Morgan fingerprint density at radius 2 is 1.93 bits per heavy atom. The van der Waals surface area contributed by atoms with Gasteiger partial charge in [-0.05, 0) is 67.9 Å². The van der Waals surface area contributed by atoms with Crippen molar-refractivity contribution in [2.45, 2.75) is 63.8 Å². The van der Waals surface area contributed by atoms with Crippen molar-refractivity contribution in [3.05, 3.63) is 62.6 Å². The van der Waals surface area contributed by atoms with Gasteiger partial charge in [0.1, 0.15) is 11.6 Å². The minimum Gasteiger partial charge on any atom is -0.493 e. The molecule has 10 heteroatoms. The van der Waals surface area contributed by atoms with Crippen LogP contribution in [0.4, 0.5) is 10.3 Å². The molecule has 4 heterocycles. The van der Waals surface area contributed by atoms with Crippen LogP contribution in [0, 0.1) is 23.6 Å². The minimum absolute atomic E-state index is 0.0458. The van der Waals surface area contributed by atoms with Gasteiger partial charge < -0.3 is 14.5 Å². The van der Waals surface area contributed by atoms with Crippen LogP contribution in [0.3, 0.4) is 0 Å². The van der Waals surface area contributed by atoms with Gasteiger partial charge in [0.2, 0.25) is 11.9 Å². The van der Waals surface area contributed by atoms with Crippen molar-refractivity contribution < 1.29 is 13.9 Å². The van der Waals surface area contributed by atoms with Crippen LogP contribution in [0.2, 0.25) is 5.02 Å². The average Bonchev–Trinajstić information content (AvgIpc) is 3.92. The lowest BCUT2D eigenvalue weighted by Gasteiger charge is -2.32. The first-order chi connectivity index (χ1) is 20.0. The van der Waals surface area contributed by atoms with Crippen molar-refractivity contribution in [3.63, 3.8) is 0 Å². The summed E-state index contributed by atoms with van der Waals surface area (Å²) in [5, 5.41) is 1.79. The third-order valence-corrected chi connectivity index (χ3v) is 10.7. The van der Waals surface area contributed by atoms with E-state index in [0.717, 1.165) is 62.3 Å². The van der Waals surface area contributed by atoms with Gasteiger partial charge in [0, 0.05) is 42.9 Å². The number of carbonyl (C=O) groups excluding carboxylic acids is 1. The van der Waals surface area contributed by atoms with Crippen LogP contribution in [0.25, 0.3) is 0 Å². The normalized spacial score (nSPS) is 22.5. The Balaban J connectivity index is 0.840. The molecule has 7 nitrogen and oxygen atoms in total. The van der Waals surface area contributed by atoms with Crippen LogP contribution in [0.5, 0.6) is 5.75 Å². The van der Waals surface area contributed by atoms with Gasteiger partial charge in [-0.15, -0.1) is 11.3 Å². The molecule has 216 valence electrons. The molecule has 2 atom stereocenters. The van der Waals surface area contributed by atoms with Gasteiger partial charge in [0.05, 0.1) is 47.7 Å². The summed E-state index contributed by atoms with van der Waals surface area (Å²) in [6.45, 7) is 3.76. The first kappa shape index (κ1) is 27.1. The average molecular weight is 596 g/mol. The van der Waals surface area contributed by atoms with Gasteiger partial charge in [0.25, 0.3) is 0 Å². The van der Waals surface area contributed by atoms with E-state index < -0.39 is 0 Å². The number of ether oxygens (including phenoxy) is 1. The van der Waals surface area contributed by atoms with Crippen LogP contribution in [0.15, 0.2) is 30.6 Å². The zero-order valence-electron chi connectivity index (χ0n) is 23.1. The van der Waals surface area contributed by atoms with Crippen LogP contribution in [-0.2, 0) is 24.2 Å². The molecule has 0 spiro atoms. The number of fused-ring (bicyclic) bond motifs is 1. The SMILES string of the molecule is O=C(Cc1ccc(OCC[C@@H]2C[C@@H]2C2CCN(c3ncc(Cl)cn3)CC2)cc1F)N1CCc2sc(C3CC3)nc2C1. The summed E-state index contributed by atoms with van der Waals surface area (Å²) in [5.74, 6) is 3.69. The maximum atomic E-state index is 14.9. The number of halogens is 2. The predicted molar refractivity (Wildman–Crippen MR) is 157 cm³/mol. The maximum absolute atomic E-state index is 14.9. The molecular formula is C31H35ClFN5O2S. The number of anilines is 1. The monoisotopic (exact) mass is 595 g/mol. The molecule has 0 N–H and O–H groups in total. The molecule has 2 aliphatic heterocycles. The van der Waals surface area contributed by atoms with E-state index in [1.165, 1.54) is 35.2 Å². The number of carbonyl (C=O) groups is 1. The van der Waals surface area contributed by atoms with E-state index in [-0.39, 0.29) is 18.1 Å². The Morgan fingerprint density at radius 1 is 1.12 bits per heavy atom. The highest BCUT2D eigenvalue weighted by Gasteiger charge is 2.43. The molecule has 2 aliphatic carbocycles. The third kappa shape index (κ3) is 6.21. The lowest BCUT2D eigenvalue weighted by molar-refractivity contribution is -0.131. The van der Waals surface area contributed by atoms with E-state index in [0.29, 0.717) is 47.9 Å². The van der Waals surface area contributed by atoms with Gasteiger partial charge in [-0.25, -0.2) is 19.3 Å². The lowest BCUT2D eigenvalue weighted by atomic mass is 9.90. The first-order valence-electron chi connectivity index (χ1n) is 14.9. The third-order valence-electron chi connectivity index (χ3n) is 9.16. The molecule has 1 saturated heterocycles. The van der Waals surface area contributed by atoms with E-state index in [1.54, 1.807) is 24.5 Å². The van der Waals surface area contributed by atoms with Crippen molar-refractivity contribution in [2.24, 2.45) is 17.8 Å². The minimum atomic E-state index is -0.376. The van der Waals surface area contributed by atoms with E-state index in [1.807, 2.05) is 16.2 Å². The number of hydrogen-bond acceptors (Lipinski definition) is 7. The van der Waals surface area contributed by atoms with E-state index in [2.05, 4.69) is 14.9 Å². The largest absolute Gasteiger partial charge is 0.493 e. The van der Waals surface area contributed by atoms with Gasteiger partial charge in [-0.2, -0.15) is 0 Å². The number of nitrogens with zero attached hydrogens (tertiary/aromatic N) is 5. The summed E-state index contributed by atoms with van der Waals surface area (Å²) < 4.78 is 20.8. The fraction of sp³-hybridized carbons (Fsp3) is 0.548. The van der Waals surface area contributed by atoms with E-state index in [4.69, 9.17) is 21.3 Å².